The summed E-state index contributed by atoms with van der Waals surface area (Å²) in [6.45, 7) is 2.36. The third kappa shape index (κ3) is 3.57. The maximum absolute atomic E-state index is 13.9. The van der Waals surface area contributed by atoms with Gasteiger partial charge in [0.15, 0.2) is 0 Å². The highest BCUT2D eigenvalue weighted by molar-refractivity contribution is 6.03. The van der Waals surface area contributed by atoms with Gasteiger partial charge in [-0.25, -0.2) is 4.39 Å². The molecule has 6 heteroatoms. The Labute approximate surface area is 187 Å². The van der Waals surface area contributed by atoms with E-state index in [0.29, 0.717) is 17.8 Å². The van der Waals surface area contributed by atoms with Crippen LogP contribution in [0.25, 0.3) is 10.9 Å². The fourth-order valence-electron chi connectivity index (χ4n) is 5.16. The van der Waals surface area contributed by atoms with Crippen LogP contribution < -0.4 is 5.32 Å². The zero-order valence-electron chi connectivity index (χ0n) is 18.3. The molecule has 1 N–H and O–H groups in total. The van der Waals surface area contributed by atoms with Crippen molar-refractivity contribution in [3.05, 3.63) is 71.7 Å². The molecule has 0 bridgehead atoms. The molecule has 5 nitrogen and oxygen atoms in total. The second-order valence-corrected chi connectivity index (χ2v) is 9.28. The summed E-state index contributed by atoms with van der Waals surface area (Å²) in [6.07, 6.45) is 5.36. The Bertz CT molecular complexity index is 1180. The molecule has 166 valence electrons. The van der Waals surface area contributed by atoms with Crippen LogP contribution in [0, 0.1) is 5.82 Å². The van der Waals surface area contributed by atoms with Crippen molar-refractivity contribution >= 4 is 22.7 Å². The van der Waals surface area contributed by atoms with Crippen molar-refractivity contribution in [2.75, 3.05) is 0 Å². The molecular formula is C26H28FN3O2. The van der Waals surface area contributed by atoms with Crippen molar-refractivity contribution in [3.8, 4) is 0 Å². The molecule has 0 unspecified atom stereocenters. The summed E-state index contributed by atoms with van der Waals surface area (Å²) in [4.78, 5) is 29.0. The zero-order valence-corrected chi connectivity index (χ0v) is 18.3. The van der Waals surface area contributed by atoms with Gasteiger partial charge in [-0.3, -0.25) is 9.59 Å². The highest BCUT2D eigenvalue weighted by Crippen LogP contribution is 2.34. The van der Waals surface area contributed by atoms with E-state index >= 15 is 0 Å². The first-order valence-corrected chi connectivity index (χ1v) is 11.4. The average Bonchev–Trinajstić information content (AvgIpc) is 3.16. The molecule has 5 rings (SSSR count). The van der Waals surface area contributed by atoms with E-state index in [2.05, 4.69) is 5.32 Å². The third-order valence-corrected chi connectivity index (χ3v) is 7.00. The number of benzene rings is 2. The van der Waals surface area contributed by atoms with E-state index in [0.717, 1.165) is 36.6 Å². The summed E-state index contributed by atoms with van der Waals surface area (Å²) in [6, 6.07) is 16.1. The van der Waals surface area contributed by atoms with E-state index in [1.807, 2.05) is 41.8 Å². The summed E-state index contributed by atoms with van der Waals surface area (Å²) in [5, 5.41) is 4.20. The SMILES string of the molecule is C[C@]1(C(=O)NC2CCCCC2)Cn2c(cc3ccccc32)C(=O)N1Cc1cccc(F)c1. The number of rotatable bonds is 4. The van der Waals surface area contributed by atoms with Crippen molar-refractivity contribution in [1.82, 2.24) is 14.8 Å². The monoisotopic (exact) mass is 433 g/mol. The summed E-state index contributed by atoms with van der Waals surface area (Å²) in [5.74, 6) is -0.704. The first-order valence-electron chi connectivity index (χ1n) is 11.4. The summed E-state index contributed by atoms with van der Waals surface area (Å²) < 4.78 is 15.8. The van der Waals surface area contributed by atoms with Gasteiger partial charge in [-0.05, 0) is 49.6 Å². The van der Waals surface area contributed by atoms with E-state index in [1.165, 1.54) is 18.6 Å². The molecule has 1 saturated carbocycles. The number of carbonyl (C=O) groups is 2. The molecule has 2 aromatic carbocycles. The van der Waals surface area contributed by atoms with Crippen LogP contribution in [-0.4, -0.2) is 32.9 Å². The van der Waals surface area contributed by atoms with Gasteiger partial charge in [-0.1, -0.05) is 49.6 Å². The Balaban J connectivity index is 1.55. The molecule has 2 amide bonds. The molecule has 2 heterocycles. The molecule has 0 spiro atoms. The van der Waals surface area contributed by atoms with Gasteiger partial charge in [-0.2, -0.15) is 0 Å². The van der Waals surface area contributed by atoms with Gasteiger partial charge in [0.1, 0.15) is 17.1 Å². The Morgan fingerprint density at radius 2 is 1.88 bits per heavy atom. The first-order chi connectivity index (χ1) is 15.5. The minimum Gasteiger partial charge on any atom is -0.351 e. The minimum absolute atomic E-state index is 0.141. The van der Waals surface area contributed by atoms with E-state index in [9.17, 15) is 14.0 Å². The summed E-state index contributed by atoms with van der Waals surface area (Å²) in [5.41, 5.74) is 1.08. The standard InChI is InChI=1S/C26H28FN3O2/c1-26(25(32)28-21-11-3-2-4-12-21)17-29-22-13-6-5-9-19(22)15-23(29)24(31)30(26)16-18-8-7-10-20(27)14-18/h5-10,13-15,21H,2-4,11-12,16-17H2,1H3,(H,28,32)/t26-/m1/s1. The molecule has 0 saturated heterocycles. The maximum Gasteiger partial charge on any atom is 0.271 e. The number of nitrogens with zero attached hydrogens (tertiary/aromatic N) is 2. The molecule has 32 heavy (non-hydrogen) atoms. The number of hydrogen-bond acceptors (Lipinski definition) is 2. The molecule has 3 aromatic rings. The normalized spacial score (nSPS) is 21.6. The minimum atomic E-state index is -1.09. The third-order valence-electron chi connectivity index (χ3n) is 7.00. The van der Waals surface area contributed by atoms with Crippen LogP contribution in [0.2, 0.25) is 0 Å². The number of amides is 2. The first kappa shape index (κ1) is 20.7. The van der Waals surface area contributed by atoms with Gasteiger partial charge in [0.25, 0.3) is 5.91 Å². The number of aromatic nitrogens is 1. The van der Waals surface area contributed by atoms with Gasteiger partial charge >= 0.3 is 0 Å². The summed E-state index contributed by atoms with van der Waals surface area (Å²) in [7, 11) is 0. The maximum atomic E-state index is 13.9. The van der Waals surface area contributed by atoms with Crippen LogP contribution in [0.3, 0.4) is 0 Å². The molecular weight excluding hydrogens is 405 g/mol. The van der Waals surface area contributed by atoms with Crippen LogP contribution in [0.5, 0.6) is 0 Å². The lowest BCUT2D eigenvalue weighted by Gasteiger charge is -2.45. The fourth-order valence-corrected chi connectivity index (χ4v) is 5.16. The largest absolute Gasteiger partial charge is 0.351 e. The van der Waals surface area contributed by atoms with E-state index in [4.69, 9.17) is 0 Å². The van der Waals surface area contributed by atoms with Crippen LogP contribution in [0.1, 0.15) is 55.1 Å². The van der Waals surface area contributed by atoms with Crippen molar-refractivity contribution in [1.29, 1.82) is 0 Å². The number of nitrogens with one attached hydrogen (secondary N) is 1. The Kier molecular flexibility index (Phi) is 5.24. The highest BCUT2D eigenvalue weighted by Gasteiger charge is 2.48. The molecule has 1 fully saturated rings. The molecule has 1 atom stereocenters. The Morgan fingerprint density at radius 1 is 1.09 bits per heavy atom. The number of halogens is 1. The van der Waals surface area contributed by atoms with Gasteiger partial charge in [0, 0.05) is 23.5 Å². The van der Waals surface area contributed by atoms with E-state index in [1.54, 1.807) is 17.0 Å². The molecule has 1 aliphatic carbocycles. The second-order valence-electron chi connectivity index (χ2n) is 9.28. The van der Waals surface area contributed by atoms with Gasteiger partial charge in [0.05, 0.1) is 6.54 Å². The van der Waals surface area contributed by atoms with E-state index in [-0.39, 0.29) is 30.2 Å². The van der Waals surface area contributed by atoms with Gasteiger partial charge in [-0.15, -0.1) is 0 Å². The van der Waals surface area contributed by atoms with Crippen LogP contribution in [0.4, 0.5) is 4.39 Å². The number of hydrogen-bond donors (Lipinski definition) is 1. The van der Waals surface area contributed by atoms with Crippen molar-refractivity contribution in [2.24, 2.45) is 0 Å². The van der Waals surface area contributed by atoms with Crippen molar-refractivity contribution < 1.29 is 14.0 Å². The predicted octanol–water partition coefficient (Wildman–Crippen LogP) is 4.64. The number of fused-ring (bicyclic) bond motifs is 3. The zero-order chi connectivity index (χ0) is 22.3. The van der Waals surface area contributed by atoms with Crippen LogP contribution in [0.15, 0.2) is 54.6 Å². The lowest BCUT2D eigenvalue weighted by Crippen LogP contribution is -2.64. The number of carbonyl (C=O) groups excluding carboxylic acids is 2. The number of para-hydroxylation sites is 1. The Morgan fingerprint density at radius 3 is 2.66 bits per heavy atom. The lowest BCUT2D eigenvalue weighted by molar-refractivity contribution is -0.134. The quantitative estimate of drug-likeness (QED) is 0.652. The van der Waals surface area contributed by atoms with E-state index < -0.39 is 5.54 Å². The van der Waals surface area contributed by atoms with Crippen molar-refractivity contribution in [3.63, 3.8) is 0 Å². The highest BCUT2D eigenvalue weighted by atomic mass is 19.1. The molecule has 0 radical (unpaired) electrons. The summed E-state index contributed by atoms with van der Waals surface area (Å²) >= 11 is 0. The van der Waals surface area contributed by atoms with Crippen LogP contribution >= 0.6 is 0 Å². The smallest absolute Gasteiger partial charge is 0.271 e. The van der Waals surface area contributed by atoms with Crippen molar-refractivity contribution in [2.45, 2.75) is 63.7 Å². The lowest BCUT2D eigenvalue weighted by atomic mass is 9.91. The predicted molar refractivity (Wildman–Crippen MR) is 122 cm³/mol. The molecule has 1 aliphatic heterocycles. The fraction of sp³-hybridized carbons (Fsp3) is 0.385. The molecule has 2 aliphatic rings. The second kappa shape index (κ2) is 8.08. The van der Waals surface area contributed by atoms with Gasteiger partial charge in [0.2, 0.25) is 5.91 Å². The van der Waals surface area contributed by atoms with Gasteiger partial charge < -0.3 is 14.8 Å². The topological polar surface area (TPSA) is 54.3 Å². The van der Waals surface area contributed by atoms with Crippen LogP contribution in [-0.2, 0) is 17.9 Å². The molecule has 1 aromatic heterocycles. The Hall–Kier alpha value is -3.15. The average molecular weight is 434 g/mol.